The van der Waals surface area contributed by atoms with Crippen molar-refractivity contribution in [1.82, 2.24) is 0 Å². The van der Waals surface area contributed by atoms with Crippen molar-refractivity contribution in [2.75, 3.05) is 0 Å². The van der Waals surface area contributed by atoms with Gasteiger partial charge in [0.25, 0.3) is 0 Å². The molecule has 6 aromatic rings. The van der Waals surface area contributed by atoms with Gasteiger partial charge in [0.15, 0.2) is 0 Å². The summed E-state index contributed by atoms with van der Waals surface area (Å²) in [6, 6.07) is 15.8. The lowest BCUT2D eigenvalue weighted by Crippen LogP contribution is -1.78. The van der Waals surface area contributed by atoms with E-state index in [9.17, 15) is 10.2 Å². The van der Waals surface area contributed by atoms with Crippen LogP contribution >= 0.6 is 0 Å². The van der Waals surface area contributed by atoms with Gasteiger partial charge in [-0.25, -0.2) is 0 Å². The van der Waals surface area contributed by atoms with E-state index in [0.717, 1.165) is 37.7 Å². The van der Waals surface area contributed by atoms with Crippen LogP contribution in [0.5, 0.6) is 11.5 Å². The SMILES string of the molecule is Oc1cc2ccc3c(O)cc4ccc5ccc1c1c5c4c3c21. The minimum Gasteiger partial charge on any atom is -0.507 e. The fraction of sp³-hybridized carbons (Fsp3) is 0. The van der Waals surface area contributed by atoms with E-state index < -0.39 is 0 Å². The van der Waals surface area contributed by atoms with Gasteiger partial charge in [0, 0.05) is 21.5 Å². The molecule has 0 unspecified atom stereocenters. The fourth-order valence-electron chi connectivity index (χ4n) is 4.23. The highest BCUT2D eigenvalue weighted by Crippen LogP contribution is 2.51. The van der Waals surface area contributed by atoms with Crippen molar-refractivity contribution < 1.29 is 10.2 Å². The summed E-state index contributed by atoms with van der Waals surface area (Å²) in [4.78, 5) is 0. The average molecular weight is 282 g/mol. The third-order valence-electron chi connectivity index (χ3n) is 5.09. The standard InChI is InChI=1S/C20H10O2/c21-14-7-10-2-1-9-3-5-12-15(22)8-11-4-6-13(14)20-17(10)16(9)19(12)18(11)20/h1-8,21-22H. The molecular weight excluding hydrogens is 272 g/mol. The van der Waals surface area contributed by atoms with Gasteiger partial charge >= 0.3 is 0 Å². The van der Waals surface area contributed by atoms with E-state index in [0.29, 0.717) is 11.5 Å². The Morgan fingerprint density at radius 3 is 1.50 bits per heavy atom. The Labute approximate surface area is 124 Å². The smallest absolute Gasteiger partial charge is 0.124 e. The maximum atomic E-state index is 10.4. The van der Waals surface area contributed by atoms with Crippen molar-refractivity contribution >= 4 is 53.9 Å². The molecular formula is C20H10O2. The van der Waals surface area contributed by atoms with Crippen molar-refractivity contribution in [2.24, 2.45) is 0 Å². The maximum Gasteiger partial charge on any atom is 0.124 e. The summed E-state index contributed by atoms with van der Waals surface area (Å²) in [5, 5.41) is 31.6. The molecule has 2 nitrogen and oxygen atoms in total. The van der Waals surface area contributed by atoms with Gasteiger partial charge in [0.2, 0.25) is 0 Å². The van der Waals surface area contributed by atoms with Crippen LogP contribution in [0.1, 0.15) is 0 Å². The van der Waals surface area contributed by atoms with Gasteiger partial charge in [-0.1, -0.05) is 30.3 Å². The van der Waals surface area contributed by atoms with Gasteiger partial charge < -0.3 is 10.2 Å². The lowest BCUT2D eigenvalue weighted by molar-refractivity contribution is 0.482. The van der Waals surface area contributed by atoms with Crippen molar-refractivity contribution in [2.45, 2.75) is 0 Å². The van der Waals surface area contributed by atoms with Crippen LogP contribution in [0.25, 0.3) is 53.9 Å². The molecule has 0 aliphatic carbocycles. The Bertz CT molecular complexity index is 1300. The number of phenols is 2. The van der Waals surface area contributed by atoms with Gasteiger partial charge in [0.1, 0.15) is 11.5 Å². The van der Waals surface area contributed by atoms with Crippen LogP contribution in [0.4, 0.5) is 0 Å². The first-order chi connectivity index (χ1) is 10.7. The molecule has 102 valence electrons. The zero-order valence-corrected chi connectivity index (χ0v) is 11.5. The van der Waals surface area contributed by atoms with Crippen LogP contribution in [-0.2, 0) is 0 Å². The molecule has 0 spiro atoms. The van der Waals surface area contributed by atoms with Crippen molar-refractivity contribution in [3.05, 3.63) is 48.5 Å². The second-order valence-corrected chi connectivity index (χ2v) is 6.13. The quantitative estimate of drug-likeness (QED) is 0.377. The monoisotopic (exact) mass is 282 g/mol. The third-order valence-corrected chi connectivity index (χ3v) is 5.09. The van der Waals surface area contributed by atoms with Crippen LogP contribution in [0.15, 0.2) is 48.5 Å². The molecule has 0 saturated heterocycles. The third kappa shape index (κ3) is 0.941. The van der Waals surface area contributed by atoms with E-state index in [1.165, 1.54) is 16.2 Å². The van der Waals surface area contributed by atoms with Crippen LogP contribution in [0.2, 0.25) is 0 Å². The molecule has 0 aromatic heterocycles. The summed E-state index contributed by atoms with van der Waals surface area (Å²) in [7, 11) is 0. The minimum atomic E-state index is 0.317. The van der Waals surface area contributed by atoms with Crippen molar-refractivity contribution in [3.8, 4) is 11.5 Å². The molecule has 0 saturated carbocycles. The second-order valence-electron chi connectivity index (χ2n) is 6.13. The normalized spacial score (nSPS) is 12.9. The van der Waals surface area contributed by atoms with E-state index in [4.69, 9.17) is 0 Å². The highest BCUT2D eigenvalue weighted by Gasteiger charge is 2.22. The molecule has 0 aliphatic heterocycles. The number of hydrogen-bond acceptors (Lipinski definition) is 2. The van der Waals surface area contributed by atoms with Crippen LogP contribution < -0.4 is 0 Å². The van der Waals surface area contributed by atoms with Crippen molar-refractivity contribution in [3.63, 3.8) is 0 Å². The Balaban J connectivity index is 2.23. The van der Waals surface area contributed by atoms with Gasteiger partial charge in [-0.2, -0.15) is 0 Å². The van der Waals surface area contributed by atoms with E-state index in [1.807, 2.05) is 30.3 Å². The average Bonchev–Trinajstić information content (AvgIpc) is 2.88. The lowest BCUT2D eigenvalue weighted by atomic mass is 9.99. The van der Waals surface area contributed by atoms with Crippen LogP contribution in [0.3, 0.4) is 0 Å². The topological polar surface area (TPSA) is 40.5 Å². The molecule has 6 aromatic carbocycles. The summed E-state index contributed by atoms with van der Waals surface area (Å²) in [6.45, 7) is 0. The minimum absolute atomic E-state index is 0.317. The molecule has 2 N–H and O–H groups in total. The Kier molecular flexibility index (Phi) is 1.50. The first kappa shape index (κ1) is 10.7. The molecule has 0 bridgehead atoms. The number of aromatic hydroxyl groups is 2. The molecule has 6 rings (SSSR count). The summed E-state index contributed by atoms with van der Waals surface area (Å²) in [6.07, 6.45) is 0. The number of benzene rings is 5. The van der Waals surface area contributed by atoms with Gasteiger partial charge in [-0.05, 0) is 50.5 Å². The summed E-state index contributed by atoms with van der Waals surface area (Å²) in [5.41, 5.74) is 0. The number of phenolic OH excluding ortho intramolecular Hbond substituents is 2. The molecule has 0 radical (unpaired) electrons. The summed E-state index contributed by atoms with van der Waals surface area (Å²) in [5.74, 6) is 0.635. The molecule has 2 heteroatoms. The number of hydrogen-bond donors (Lipinski definition) is 2. The van der Waals surface area contributed by atoms with E-state index >= 15 is 0 Å². The highest BCUT2D eigenvalue weighted by atomic mass is 16.3. The predicted octanol–water partition coefficient (Wildman–Crippen LogP) is 5.18. The zero-order valence-electron chi connectivity index (χ0n) is 11.5. The fourth-order valence-corrected chi connectivity index (χ4v) is 4.23. The van der Waals surface area contributed by atoms with E-state index in [1.54, 1.807) is 0 Å². The summed E-state index contributed by atoms with van der Waals surface area (Å²) < 4.78 is 0. The number of rotatable bonds is 0. The Morgan fingerprint density at radius 2 is 0.864 bits per heavy atom. The van der Waals surface area contributed by atoms with Gasteiger partial charge in [-0.3, -0.25) is 0 Å². The van der Waals surface area contributed by atoms with E-state index in [2.05, 4.69) is 18.2 Å². The van der Waals surface area contributed by atoms with Crippen LogP contribution in [-0.4, -0.2) is 10.2 Å². The van der Waals surface area contributed by atoms with Crippen molar-refractivity contribution in [1.29, 1.82) is 0 Å². The largest absolute Gasteiger partial charge is 0.507 e. The van der Waals surface area contributed by atoms with E-state index in [-0.39, 0.29) is 0 Å². The molecule has 22 heavy (non-hydrogen) atoms. The lowest BCUT2D eigenvalue weighted by Gasteiger charge is -2.07. The molecule has 0 amide bonds. The molecule has 0 atom stereocenters. The summed E-state index contributed by atoms with van der Waals surface area (Å²) >= 11 is 0. The first-order valence-electron chi connectivity index (χ1n) is 7.33. The second kappa shape index (κ2) is 3.09. The predicted molar refractivity (Wildman–Crippen MR) is 90.9 cm³/mol. The molecule has 0 fully saturated rings. The van der Waals surface area contributed by atoms with Gasteiger partial charge in [0.05, 0.1) is 0 Å². The Hall–Kier alpha value is -3.00. The van der Waals surface area contributed by atoms with Gasteiger partial charge in [-0.15, -0.1) is 0 Å². The Morgan fingerprint density at radius 1 is 0.455 bits per heavy atom. The highest BCUT2D eigenvalue weighted by molar-refractivity contribution is 6.45. The van der Waals surface area contributed by atoms with Crippen LogP contribution in [0, 0.1) is 0 Å². The first-order valence-corrected chi connectivity index (χ1v) is 7.33. The maximum absolute atomic E-state index is 10.4. The molecule has 0 heterocycles. The molecule has 0 aliphatic rings. The zero-order chi connectivity index (χ0) is 14.6.